The molecule has 3 aromatic rings. The number of anilines is 1. The third kappa shape index (κ3) is 3.55. The lowest BCUT2D eigenvalue weighted by molar-refractivity contribution is -0.115. The Balaban J connectivity index is 1.77. The molecule has 0 aliphatic rings. The van der Waals surface area contributed by atoms with E-state index in [-0.39, 0.29) is 11.2 Å². The van der Waals surface area contributed by atoms with E-state index in [1.54, 1.807) is 6.20 Å². The van der Waals surface area contributed by atoms with Crippen LogP contribution in [0, 0.1) is 6.92 Å². The topological polar surface area (TPSA) is 42.0 Å². The zero-order valence-corrected chi connectivity index (χ0v) is 15.0. The maximum Gasteiger partial charge on any atom is 0.237 e. The Labute approximate surface area is 150 Å². The molecule has 0 bridgehead atoms. The summed E-state index contributed by atoms with van der Waals surface area (Å²) in [4.78, 5) is 17.9. The van der Waals surface area contributed by atoms with Crippen molar-refractivity contribution in [2.24, 2.45) is 0 Å². The molecule has 3 rings (SSSR count). The number of hydrogen-bond acceptors (Lipinski definition) is 3. The monoisotopic (exact) mass is 356 g/mol. The zero-order chi connectivity index (χ0) is 17.1. The smallest absolute Gasteiger partial charge is 0.237 e. The van der Waals surface area contributed by atoms with Crippen LogP contribution in [0.15, 0.2) is 59.6 Å². The van der Waals surface area contributed by atoms with Crippen molar-refractivity contribution in [1.29, 1.82) is 0 Å². The molecule has 1 N–H and O–H groups in total. The van der Waals surface area contributed by atoms with Gasteiger partial charge in [0, 0.05) is 27.2 Å². The summed E-state index contributed by atoms with van der Waals surface area (Å²) in [5, 5.41) is 4.42. The number of pyridine rings is 1. The zero-order valence-electron chi connectivity index (χ0n) is 13.4. The number of nitrogens with zero attached hydrogens (tertiary/aromatic N) is 1. The molecule has 1 unspecified atom stereocenters. The van der Waals surface area contributed by atoms with Crippen molar-refractivity contribution in [3.63, 3.8) is 0 Å². The molecule has 0 radical (unpaired) electrons. The van der Waals surface area contributed by atoms with Gasteiger partial charge < -0.3 is 5.32 Å². The number of aromatic nitrogens is 1. The van der Waals surface area contributed by atoms with Crippen LogP contribution in [0.2, 0.25) is 5.02 Å². The van der Waals surface area contributed by atoms with Crippen LogP contribution in [0.1, 0.15) is 12.5 Å². The van der Waals surface area contributed by atoms with Crippen molar-refractivity contribution in [3.05, 3.63) is 65.3 Å². The normalized spacial score (nSPS) is 12.1. The lowest BCUT2D eigenvalue weighted by atomic mass is 10.2. The van der Waals surface area contributed by atoms with Gasteiger partial charge in [0.1, 0.15) is 0 Å². The van der Waals surface area contributed by atoms with Crippen molar-refractivity contribution in [2.45, 2.75) is 24.0 Å². The van der Waals surface area contributed by atoms with E-state index in [9.17, 15) is 4.79 Å². The fourth-order valence-corrected chi connectivity index (χ4v) is 3.55. The SMILES string of the molecule is Cc1c(Cl)cccc1NC(=O)C(C)Sc1ccnc2ccccc12. The third-order valence-corrected chi connectivity index (χ3v) is 5.39. The lowest BCUT2D eigenvalue weighted by Crippen LogP contribution is -2.22. The number of carbonyl (C=O) groups excluding carboxylic acids is 1. The number of fused-ring (bicyclic) bond motifs is 1. The molecule has 1 aromatic heterocycles. The van der Waals surface area contributed by atoms with Gasteiger partial charge in [0.15, 0.2) is 0 Å². The highest BCUT2D eigenvalue weighted by Gasteiger charge is 2.17. The minimum atomic E-state index is -0.241. The van der Waals surface area contributed by atoms with Gasteiger partial charge in [-0.15, -0.1) is 11.8 Å². The maximum atomic E-state index is 12.5. The van der Waals surface area contributed by atoms with Crippen LogP contribution in [0.3, 0.4) is 0 Å². The molecule has 0 aliphatic carbocycles. The van der Waals surface area contributed by atoms with Crippen LogP contribution in [-0.2, 0) is 4.79 Å². The largest absolute Gasteiger partial charge is 0.325 e. The number of amides is 1. The molecule has 5 heteroatoms. The van der Waals surface area contributed by atoms with E-state index in [1.807, 2.05) is 62.4 Å². The molecule has 0 fully saturated rings. The molecule has 0 spiro atoms. The highest BCUT2D eigenvalue weighted by molar-refractivity contribution is 8.00. The number of thioether (sulfide) groups is 1. The fraction of sp³-hybridized carbons (Fsp3) is 0.158. The number of nitrogens with one attached hydrogen (secondary N) is 1. The number of halogens is 1. The Hall–Kier alpha value is -2.04. The second-order valence-electron chi connectivity index (χ2n) is 5.49. The van der Waals surface area contributed by atoms with Crippen molar-refractivity contribution in [3.8, 4) is 0 Å². The number of hydrogen-bond donors (Lipinski definition) is 1. The summed E-state index contributed by atoms with van der Waals surface area (Å²) in [5.41, 5.74) is 2.56. The quantitative estimate of drug-likeness (QED) is 0.643. The van der Waals surface area contributed by atoms with Crippen molar-refractivity contribution >= 4 is 45.9 Å². The van der Waals surface area contributed by atoms with Gasteiger partial charge in [-0.2, -0.15) is 0 Å². The van der Waals surface area contributed by atoms with Gasteiger partial charge in [-0.25, -0.2) is 0 Å². The first-order valence-electron chi connectivity index (χ1n) is 7.62. The van der Waals surface area contributed by atoms with Gasteiger partial charge in [0.05, 0.1) is 10.8 Å². The number of rotatable bonds is 4. The van der Waals surface area contributed by atoms with E-state index < -0.39 is 0 Å². The van der Waals surface area contributed by atoms with Crippen molar-refractivity contribution < 1.29 is 4.79 Å². The number of carbonyl (C=O) groups is 1. The van der Waals surface area contributed by atoms with E-state index in [0.717, 1.165) is 27.0 Å². The molecule has 24 heavy (non-hydrogen) atoms. The molecule has 122 valence electrons. The van der Waals surface area contributed by atoms with E-state index in [4.69, 9.17) is 11.6 Å². The minimum absolute atomic E-state index is 0.0498. The molecule has 2 aromatic carbocycles. The van der Waals surface area contributed by atoms with E-state index >= 15 is 0 Å². The highest BCUT2D eigenvalue weighted by Crippen LogP contribution is 2.31. The maximum absolute atomic E-state index is 12.5. The molecular formula is C19H17ClN2OS. The summed E-state index contributed by atoms with van der Waals surface area (Å²) in [6, 6.07) is 15.4. The van der Waals surface area contributed by atoms with Crippen LogP contribution in [-0.4, -0.2) is 16.1 Å². The van der Waals surface area contributed by atoms with Gasteiger partial charge in [-0.05, 0) is 43.7 Å². The van der Waals surface area contributed by atoms with Crippen LogP contribution in [0.4, 0.5) is 5.69 Å². The van der Waals surface area contributed by atoms with Crippen LogP contribution in [0.5, 0.6) is 0 Å². The molecule has 1 atom stereocenters. The molecule has 3 nitrogen and oxygen atoms in total. The first kappa shape index (κ1) is 16.8. The Morgan fingerprint density at radius 3 is 2.79 bits per heavy atom. The van der Waals surface area contributed by atoms with Gasteiger partial charge >= 0.3 is 0 Å². The summed E-state index contributed by atoms with van der Waals surface area (Å²) < 4.78 is 0. The second-order valence-corrected chi connectivity index (χ2v) is 7.28. The highest BCUT2D eigenvalue weighted by atomic mass is 35.5. The molecule has 0 saturated carbocycles. The van der Waals surface area contributed by atoms with E-state index in [1.165, 1.54) is 11.8 Å². The molecular weight excluding hydrogens is 340 g/mol. The average molecular weight is 357 g/mol. The minimum Gasteiger partial charge on any atom is -0.325 e. The standard InChI is InChI=1S/C19H17ClN2OS/c1-12-15(20)7-5-9-16(12)22-19(23)13(2)24-18-10-11-21-17-8-4-3-6-14(17)18/h3-11,13H,1-2H3,(H,22,23). The Morgan fingerprint density at radius 1 is 1.17 bits per heavy atom. The van der Waals surface area contributed by atoms with Gasteiger partial charge in [0.25, 0.3) is 0 Å². The molecule has 0 saturated heterocycles. The average Bonchev–Trinajstić information content (AvgIpc) is 2.59. The van der Waals surface area contributed by atoms with Crippen LogP contribution in [0.25, 0.3) is 10.9 Å². The van der Waals surface area contributed by atoms with Gasteiger partial charge in [-0.3, -0.25) is 9.78 Å². The first-order chi connectivity index (χ1) is 11.6. The van der Waals surface area contributed by atoms with Crippen LogP contribution >= 0.6 is 23.4 Å². The Morgan fingerprint density at radius 2 is 1.96 bits per heavy atom. The van der Waals surface area contributed by atoms with E-state index in [0.29, 0.717) is 5.02 Å². The second kappa shape index (κ2) is 7.24. The third-order valence-electron chi connectivity index (χ3n) is 3.81. The summed E-state index contributed by atoms with van der Waals surface area (Å²) in [6.45, 7) is 3.79. The van der Waals surface area contributed by atoms with Gasteiger partial charge in [-0.1, -0.05) is 35.9 Å². The summed E-state index contributed by atoms with van der Waals surface area (Å²) in [6.07, 6.45) is 1.77. The van der Waals surface area contributed by atoms with Crippen molar-refractivity contribution in [1.82, 2.24) is 4.98 Å². The number of para-hydroxylation sites is 1. The van der Waals surface area contributed by atoms with E-state index in [2.05, 4.69) is 10.3 Å². The predicted molar refractivity (Wildman–Crippen MR) is 102 cm³/mol. The summed E-state index contributed by atoms with van der Waals surface area (Å²) in [5.74, 6) is -0.0498. The summed E-state index contributed by atoms with van der Waals surface area (Å²) in [7, 11) is 0. The van der Waals surface area contributed by atoms with Gasteiger partial charge in [0.2, 0.25) is 5.91 Å². The first-order valence-corrected chi connectivity index (χ1v) is 8.88. The predicted octanol–water partition coefficient (Wildman–Crippen LogP) is 5.32. The Bertz CT molecular complexity index is 892. The molecule has 0 aliphatic heterocycles. The van der Waals surface area contributed by atoms with Crippen molar-refractivity contribution in [2.75, 3.05) is 5.32 Å². The number of benzene rings is 2. The lowest BCUT2D eigenvalue weighted by Gasteiger charge is -2.15. The molecule has 1 heterocycles. The summed E-state index contributed by atoms with van der Waals surface area (Å²) >= 11 is 7.63. The Kier molecular flexibility index (Phi) is 5.07. The molecule has 1 amide bonds. The van der Waals surface area contributed by atoms with Crippen LogP contribution < -0.4 is 5.32 Å². The fourth-order valence-electron chi connectivity index (χ4n) is 2.39.